The van der Waals surface area contributed by atoms with E-state index in [1.807, 2.05) is 72.8 Å². The van der Waals surface area contributed by atoms with Crippen LogP contribution in [-0.4, -0.2) is 45.4 Å². The molecule has 0 aliphatic heterocycles. The Morgan fingerprint density at radius 1 is 0.975 bits per heavy atom. The van der Waals surface area contributed by atoms with Crippen molar-refractivity contribution in [1.29, 1.82) is 0 Å². The minimum absolute atomic E-state index is 0.136. The van der Waals surface area contributed by atoms with Crippen LogP contribution in [0.15, 0.2) is 78.9 Å². The number of aromatic nitrogens is 1. The van der Waals surface area contributed by atoms with Crippen molar-refractivity contribution in [3.05, 3.63) is 101 Å². The minimum atomic E-state index is -0.977. The average molecular weight is 556 g/mol. The Labute approximate surface area is 237 Å². The first-order valence-electron chi connectivity index (χ1n) is 13.8. The zero-order valence-corrected chi connectivity index (χ0v) is 23.1. The number of ketones is 1. The monoisotopic (exact) mass is 555 g/mol. The molecule has 0 bridgehead atoms. The van der Waals surface area contributed by atoms with Gasteiger partial charge in [-0.1, -0.05) is 66.7 Å². The number of carboxylic acid groups (broad SMARTS) is 1. The number of Topliss-reactive ketones (excluding diaryl/α,β-unsaturated/α-hetero) is 1. The van der Waals surface area contributed by atoms with Gasteiger partial charge in [0.05, 0.1) is 22.2 Å². The summed E-state index contributed by atoms with van der Waals surface area (Å²) in [5, 5.41) is 13.2. The maximum absolute atomic E-state index is 13.7. The number of carbonyl (C=O) groups is 3. The minimum Gasteiger partial charge on any atom is -0.465 e. The smallest absolute Gasteiger partial charge is 0.407 e. The molecule has 1 aliphatic rings. The van der Waals surface area contributed by atoms with Gasteiger partial charge in [0, 0.05) is 13.1 Å². The Morgan fingerprint density at radius 3 is 2.52 bits per heavy atom. The highest BCUT2D eigenvalue weighted by Crippen LogP contribution is 2.32. The van der Waals surface area contributed by atoms with Gasteiger partial charge < -0.3 is 15.3 Å². The van der Waals surface area contributed by atoms with E-state index in [2.05, 4.69) is 16.4 Å². The number of benzene rings is 3. The fourth-order valence-electron chi connectivity index (χ4n) is 5.39. The summed E-state index contributed by atoms with van der Waals surface area (Å²) in [7, 11) is 0. The summed E-state index contributed by atoms with van der Waals surface area (Å²) in [5.74, 6) is -0.620. The van der Waals surface area contributed by atoms with Crippen LogP contribution in [0.3, 0.4) is 0 Å². The van der Waals surface area contributed by atoms with Gasteiger partial charge in [-0.15, -0.1) is 11.3 Å². The number of hydrogen-bond acceptors (Lipinski definition) is 5. The molecule has 0 fully saturated rings. The second-order valence-electron chi connectivity index (χ2n) is 10.2. The van der Waals surface area contributed by atoms with Crippen molar-refractivity contribution in [1.82, 2.24) is 15.2 Å². The van der Waals surface area contributed by atoms with Gasteiger partial charge in [0.15, 0.2) is 5.01 Å². The highest BCUT2D eigenvalue weighted by Gasteiger charge is 2.31. The zero-order valence-electron chi connectivity index (χ0n) is 22.3. The Hall–Kier alpha value is -4.04. The lowest BCUT2D eigenvalue weighted by atomic mass is 9.82. The number of aryl methyl sites for hydroxylation is 1. The van der Waals surface area contributed by atoms with E-state index in [4.69, 9.17) is 0 Å². The molecule has 8 heteroatoms. The standard InChI is InChI=1S/C32H33N3O4S/c36-29(31-34-26-17-6-7-19-28(26)40-31)27(33-30(37)25-16-10-14-23-13-4-5-15-24(23)25)18-8-9-20-35(32(38)39)21-22-11-2-1-3-12-22/h1-7,11-13,15,17,19,25,27H,8-10,14,16,18,20-21H2,(H,33,37)(H,38,39). The van der Waals surface area contributed by atoms with Crippen molar-refractivity contribution >= 4 is 39.3 Å². The summed E-state index contributed by atoms with van der Waals surface area (Å²) in [5.41, 5.74) is 3.92. The molecule has 7 nitrogen and oxygen atoms in total. The number of carbonyl (C=O) groups excluding carboxylic acids is 2. The van der Waals surface area contributed by atoms with Gasteiger partial charge in [-0.2, -0.15) is 0 Å². The molecule has 1 heterocycles. The highest BCUT2D eigenvalue weighted by molar-refractivity contribution is 7.20. The fourth-order valence-corrected chi connectivity index (χ4v) is 6.35. The molecule has 2 amide bonds. The Balaban J connectivity index is 1.28. The van der Waals surface area contributed by atoms with Gasteiger partial charge in [-0.3, -0.25) is 9.59 Å². The molecule has 2 atom stereocenters. The molecule has 1 aromatic heterocycles. The number of amides is 2. The van der Waals surface area contributed by atoms with Crippen molar-refractivity contribution in [2.75, 3.05) is 6.54 Å². The number of fused-ring (bicyclic) bond motifs is 2. The van der Waals surface area contributed by atoms with E-state index in [9.17, 15) is 19.5 Å². The number of hydrogen-bond donors (Lipinski definition) is 2. The largest absolute Gasteiger partial charge is 0.465 e. The van der Waals surface area contributed by atoms with Gasteiger partial charge in [-0.25, -0.2) is 9.78 Å². The third kappa shape index (κ3) is 6.57. The van der Waals surface area contributed by atoms with Crippen LogP contribution in [0.4, 0.5) is 4.79 Å². The van der Waals surface area contributed by atoms with Crippen LogP contribution in [0.2, 0.25) is 0 Å². The normalized spacial score (nSPS) is 15.2. The predicted molar refractivity (Wildman–Crippen MR) is 157 cm³/mol. The van der Waals surface area contributed by atoms with E-state index >= 15 is 0 Å². The first-order chi connectivity index (χ1) is 19.5. The molecule has 40 heavy (non-hydrogen) atoms. The van der Waals surface area contributed by atoms with Crippen LogP contribution in [0, 0.1) is 0 Å². The van der Waals surface area contributed by atoms with E-state index in [0.717, 1.165) is 40.6 Å². The average Bonchev–Trinajstić information content (AvgIpc) is 3.42. The van der Waals surface area contributed by atoms with E-state index in [1.54, 1.807) is 0 Å². The van der Waals surface area contributed by atoms with Crippen LogP contribution >= 0.6 is 11.3 Å². The van der Waals surface area contributed by atoms with Crippen molar-refractivity contribution in [2.24, 2.45) is 0 Å². The molecular weight excluding hydrogens is 522 g/mol. The summed E-state index contributed by atoms with van der Waals surface area (Å²) >= 11 is 1.34. The summed E-state index contributed by atoms with van der Waals surface area (Å²) < 4.78 is 0.926. The quantitative estimate of drug-likeness (QED) is 0.164. The molecule has 206 valence electrons. The van der Waals surface area contributed by atoms with Gasteiger partial charge >= 0.3 is 6.09 Å². The number of nitrogens with zero attached hydrogens (tertiary/aromatic N) is 2. The molecule has 5 rings (SSSR count). The van der Waals surface area contributed by atoms with Crippen LogP contribution < -0.4 is 5.32 Å². The van der Waals surface area contributed by atoms with Crippen LogP contribution in [0.5, 0.6) is 0 Å². The van der Waals surface area contributed by atoms with Crippen molar-refractivity contribution in [2.45, 2.75) is 57.0 Å². The lowest BCUT2D eigenvalue weighted by Gasteiger charge is -2.27. The number of thiazole rings is 1. The number of nitrogens with one attached hydrogen (secondary N) is 1. The zero-order chi connectivity index (χ0) is 27.9. The topological polar surface area (TPSA) is 99.6 Å². The second-order valence-corrected chi connectivity index (χ2v) is 11.3. The molecule has 0 saturated heterocycles. The molecule has 0 radical (unpaired) electrons. The van der Waals surface area contributed by atoms with E-state index in [0.29, 0.717) is 37.4 Å². The van der Waals surface area contributed by atoms with E-state index < -0.39 is 12.1 Å². The van der Waals surface area contributed by atoms with Gasteiger partial charge in [0.1, 0.15) is 0 Å². The summed E-state index contributed by atoms with van der Waals surface area (Å²) in [6.45, 7) is 0.651. The predicted octanol–water partition coefficient (Wildman–Crippen LogP) is 6.43. The number of rotatable bonds is 11. The van der Waals surface area contributed by atoms with Gasteiger partial charge in [0.25, 0.3) is 0 Å². The van der Waals surface area contributed by atoms with E-state index in [-0.39, 0.29) is 17.6 Å². The van der Waals surface area contributed by atoms with Crippen molar-refractivity contribution in [3.63, 3.8) is 0 Å². The Bertz CT molecular complexity index is 1450. The van der Waals surface area contributed by atoms with E-state index in [1.165, 1.54) is 21.8 Å². The van der Waals surface area contributed by atoms with Crippen LogP contribution in [-0.2, 0) is 17.8 Å². The first kappa shape index (κ1) is 27.5. The summed E-state index contributed by atoms with van der Waals surface area (Å²) in [4.78, 5) is 45.0. The molecule has 2 N–H and O–H groups in total. The van der Waals surface area contributed by atoms with Gasteiger partial charge in [0.2, 0.25) is 11.7 Å². The molecule has 0 spiro atoms. The second kappa shape index (κ2) is 12.9. The molecular formula is C32H33N3O4S. The molecule has 1 aliphatic carbocycles. The fraction of sp³-hybridized carbons (Fsp3) is 0.312. The maximum atomic E-state index is 13.7. The number of unbranched alkanes of at least 4 members (excludes halogenated alkanes) is 1. The Morgan fingerprint density at radius 2 is 1.73 bits per heavy atom. The maximum Gasteiger partial charge on any atom is 0.407 e. The van der Waals surface area contributed by atoms with Crippen molar-refractivity contribution in [3.8, 4) is 0 Å². The summed E-state index contributed by atoms with van der Waals surface area (Å²) in [6, 6.07) is 24.4. The third-order valence-corrected chi connectivity index (χ3v) is 8.53. The molecule has 0 saturated carbocycles. The Kier molecular flexibility index (Phi) is 8.86. The molecule has 3 aromatic carbocycles. The molecule has 2 unspecified atom stereocenters. The first-order valence-corrected chi connectivity index (χ1v) is 14.6. The number of para-hydroxylation sites is 1. The van der Waals surface area contributed by atoms with Crippen molar-refractivity contribution < 1.29 is 19.5 Å². The lowest BCUT2D eigenvalue weighted by Crippen LogP contribution is -2.43. The lowest BCUT2D eigenvalue weighted by molar-refractivity contribution is -0.123. The van der Waals surface area contributed by atoms with Gasteiger partial charge in [-0.05, 0) is 67.3 Å². The van der Waals surface area contributed by atoms with Crippen LogP contribution in [0.25, 0.3) is 10.2 Å². The third-order valence-electron chi connectivity index (χ3n) is 7.48. The SMILES string of the molecule is O=C(c1nc2ccccc2s1)C(CCCCN(Cc1ccccc1)C(=O)O)NC(=O)C1CCCc2ccccc21. The summed E-state index contributed by atoms with van der Waals surface area (Å²) in [6.07, 6.45) is 3.22. The van der Waals surface area contributed by atoms with Crippen LogP contribution in [0.1, 0.15) is 64.5 Å². The highest BCUT2D eigenvalue weighted by atomic mass is 32.1. The molecule has 4 aromatic rings.